The molecule has 1 saturated heterocycles. The number of hydrogen-bond donors (Lipinski definition) is 2. The molecule has 1 amide bonds. The second-order valence-electron chi connectivity index (χ2n) is 8.47. The number of ketones is 1. The number of phenols is 1. The molecule has 0 saturated carbocycles. The van der Waals surface area contributed by atoms with Gasteiger partial charge in [-0.25, -0.2) is 0 Å². The molecular weight excluding hydrogens is 454 g/mol. The van der Waals surface area contributed by atoms with Crippen LogP contribution < -0.4 is 9.64 Å². The number of benzene rings is 3. The number of halogens is 1. The van der Waals surface area contributed by atoms with Crippen molar-refractivity contribution in [2.24, 2.45) is 5.92 Å². The number of carbonyl (C=O) groups is 2. The number of carbonyl (C=O) groups excluding carboxylic acids is 2. The molecule has 7 heteroatoms. The Bertz CT molecular complexity index is 1250. The van der Waals surface area contributed by atoms with E-state index in [4.69, 9.17) is 16.3 Å². The molecule has 0 aromatic heterocycles. The van der Waals surface area contributed by atoms with Crippen molar-refractivity contribution in [1.82, 2.24) is 0 Å². The summed E-state index contributed by atoms with van der Waals surface area (Å²) in [5.41, 5.74) is 1.30. The van der Waals surface area contributed by atoms with Crippen molar-refractivity contribution >= 4 is 34.7 Å². The summed E-state index contributed by atoms with van der Waals surface area (Å²) in [6, 6.07) is 18.6. The molecule has 0 bridgehead atoms. The van der Waals surface area contributed by atoms with Gasteiger partial charge in [0.25, 0.3) is 11.7 Å². The molecule has 0 radical (unpaired) electrons. The summed E-state index contributed by atoms with van der Waals surface area (Å²) >= 11 is 6.15. The Morgan fingerprint density at radius 1 is 1.03 bits per heavy atom. The molecule has 1 unspecified atom stereocenters. The van der Waals surface area contributed by atoms with Gasteiger partial charge in [-0.05, 0) is 66.1 Å². The topological polar surface area (TPSA) is 87.1 Å². The van der Waals surface area contributed by atoms with Crippen molar-refractivity contribution < 1.29 is 24.5 Å². The summed E-state index contributed by atoms with van der Waals surface area (Å²) in [5, 5.41) is 21.3. The summed E-state index contributed by atoms with van der Waals surface area (Å²) in [5.74, 6) is -0.841. The van der Waals surface area contributed by atoms with Gasteiger partial charge >= 0.3 is 0 Å². The van der Waals surface area contributed by atoms with E-state index < -0.39 is 17.7 Å². The van der Waals surface area contributed by atoms with Gasteiger partial charge in [0, 0.05) is 16.3 Å². The maximum Gasteiger partial charge on any atom is 0.300 e. The standard InChI is InChI=1S/C27H24ClNO5/c1-16(2)15-34-22-12-8-18(9-13-22)25(31)23-24(17-6-10-21(30)11-7-17)29(27(33)26(23)32)20-5-3-4-19(28)14-20/h3-14,16,24,30-31H,15H2,1-2H3/b25-23+. The van der Waals surface area contributed by atoms with Gasteiger partial charge in [-0.3, -0.25) is 14.5 Å². The molecule has 1 fully saturated rings. The Labute approximate surface area is 202 Å². The van der Waals surface area contributed by atoms with Crippen molar-refractivity contribution in [1.29, 1.82) is 0 Å². The van der Waals surface area contributed by atoms with Crippen molar-refractivity contribution in [3.8, 4) is 11.5 Å². The SMILES string of the molecule is CC(C)COc1ccc(/C(O)=C2\C(=O)C(=O)N(c3cccc(Cl)c3)C2c2ccc(O)cc2)cc1. The van der Waals surface area contributed by atoms with Crippen LogP contribution in [0.2, 0.25) is 5.02 Å². The highest BCUT2D eigenvalue weighted by Crippen LogP contribution is 2.43. The van der Waals surface area contributed by atoms with Gasteiger partial charge in [0.2, 0.25) is 0 Å². The first-order chi connectivity index (χ1) is 16.3. The molecule has 2 N–H and O–H groups in total. The first-order valence-corrected chi connectivity index (χ1v) is 11.2. The number of Topliss-reactive ketones (excluding diaryl/α,β-unsaturated/α-hetero) is 1. The van der Waals surface area contributed by atoms with Gasteiger partial charge < -0.3 is 14.9 Å². The summed E-state index contributed by atoms with van der Waals surface area (Å²) in [6.07, 6.45) is 0. The van der Waals surface area contributed by atoms with E-state index >= 15 is 0 Å². The Morgan fingerprint density at radius 2 is 1.71 bits per heavy atom. The molecule has 3 aromatic carbocycles. The lowest BCUT2D eigenvalue weighted by Gasteiger charge is -2.25. The number of aliphatic hydroxyl groups excluding tert-OH is 1. The van der Waals surface area contributed by atoms with Gasteiger partial charge in [0.1, 0.15) is 17.3 Å². The quantitative estimate of drug-likeness (QED) is 0.270. The number of amides is 1. The number of anilines is 1. The molecule has 34 heavy (non-hydrogen) atoms. The number of nitrogens with zero attached hydrogens (tertiary/aromatic N) is 1. The van der Waals surface area contributed by atoms with Gasteiger partial charge in [0.05, 0.1) is 18.2 Å². The third-order valence-electron chi connectivity index (χ3n) is 5.45. The third-order valence-corrected chi connectivity index (χ3v) is 5.69. The van der Waals surface area contributed by atoms with Gasteiger partial charge in [-0.15, -0.1) is 0 Å². The molecule has 1 heterocycles. The van der Waals surface area contributed by atoms with E-state index in [-0.39, 0.29) is 17.1 Å². The minimum absolute atomic E-state index is 0.0421. The van der Waals surface area contributed by atoms with E-state index in [0.717, 1.165) is 0 Å². The number of aromatic hydroxyl groups is 1. The van der Waals surface area contributed by atoms with Crippen LogP contribution in [0.15, 0.2) is 78.4 Å². The second-order valence-corrected chi connectivity index (χ2v) is 8.91. The summed E-state index contributed by atoms with van der Waals surface area (Å²) in [6.45, 7) is 4.64. The van der Waals surface area contributed by atoms with E-state index in [9.17, 15) is 19.8 Å². The van der Waals surface area contributed by atoms with Crippen LogP contribution in [0.3, 0.4) is 0 Å². The fraction of sp³-hybridized carbons (Fsp3) is 0.185. The van der Waals surface area contributed by atoms with Crippen LogP contribution in [-0.4, -0.2) is 28.5 Å². The molecule has 1 aliphatic heterocycles. The van der Waals surface area contributed by atoms with Crippen LogP contribution in [0.4, 0.5) is 5.69 Å². The van der Waals surface area contributed by atoms with Crippen molar-refractivity contribution in [2.45, 2.75) is 19.9 Å². The molecule has 1 aliphatic rings. The van der Waals surface area contributed by atoms with Crippen LogP contribution in [0.25, 0.3) is 5.76 Å². The van der Waals surface area contributed by atoms with Crippen LogP contribution in [0.5, 0.6) is 11.5 Å². The van der Waals surface area contributed by atoms with E-state index in [1.807, 2.05) is 13.8 Å². The van der Waals surface area contributed by atoms with E-state index in [2.05, 4.69) is 0 Å². The normalized spacial score (nSPS) is 17.4. The predicted octanol–water partition coefficient (Wildman–Crippen LogP) is 5.71. The Hall–Kier alpha value is -3.77. The Balaban J connectivity index is 1.82. The predicted molar refractivity (Wildman–Crippen MR) is 131 cm³/mol. The highest BCUT2D eigenvalue weighted by atomic mass is 35.5. The zero-order valence-electron chi connectivity index (χ0n) is 18.7. The number of rotatable bonds is 6. The lowest BCUT2D eigenvalue weighted by Crippen LogP contribution is -2.29. The lowest BCUT2D eigenvalue weighted by atomic mass is 9.95. The molecule has 4 rings (SSSR count). The maximum atomic E-state index is 13.2. The summed E-state index contributed by atoms with van der Waals surface area (Å²) in [4.78, 5) is 27.6. The summed E-state index contributed by atoms with van der Waals surface area (Å²) < 4.78 is 5.69. The largest absolute Gasteiger partial charge is 0.508 e. The number of ether oxygens (including phenoxy) is 1. The Morgan fingerprint density at radius 3 is 2.32 bits per heavy atom. The van der Waals surface area contributed by atoms with Crippen LogP contribution >= 0.6 is 11.6 Å². The summed E-state index contributed by atoms with van der Waals surface area (Å²) in [7, 11) is 0. The first-order valence-electron chi connectivity index (χ1n) is 10.8. The van der Waals surface area contributed by atoms with E-state index in [1.54, 1.807) is 60.7 Å². The number of hydrogen-bond acceptors (Lipinski definition) is 5. The fourth-order valence-electron chi connectivity index (χ4n) is 3.82. The zero-order valence-corrected chi connectivity index (χ0v) is 19.5. The first kappa shape index (κ1) is 23.4. The van der Waals surface area contributed by atoms with E-state index in [0.29, 0.717) is 40.1 Å². The number of phenolic OH excluding ortho intramolecular Hbond substituents is 1. The number of aliphatic hydroxyl groups is 1. The minimum atomic E-state index is -0.907. The average molecular weight is 478 g/mol. The van der Waals surface area contributed by atoms with Crippen molar-refractivity contribution in [3.05, 3.63) is 94.5 Å². The molecular formula is C27H24ClNO5. The Kier molecular flexibility index (Phi) is 6.61. The van der Waals surface area contributed by atoms with Gasteiger partial charge in [-0.1, -0.05) is 43.6 Å². The highest BCUT2D eigenvalue weighted by Gasteiger charge is 2.47. The van der Waals surface area contributed by atoms with Crippen LogP contribution in [-0.2, 0) is 9.59 Å². The molecule has 0 aliphatic carbocycles. The van der Waals surface area contributed by atoms with Gasteiger partial charge in [0.15, 0.2) is 0 Å². The lowest BCUT2D eigenvalue weighted by molar-refractivity contribution is -0.132. The molecule has 3 aromatic rings. The molecule has 174 valence electrons. The monoisotopic (exact) mass is 477 g/mol. The minimum Gasteiger partial charge on any atom is -0.508 e. The molecule has 1 atom stereocenters. The van der Waals surface area contributed by atoms with Crippen molar-refractivity contribution in [3.63, 3.8) is 0 Å². The highest BCUT2D eigenvalue weighted by molar-refractivity contribution is 6.51. The fourth-order valence-corrected chi connectivity index (χ4v) is 4.01. The smallest absolute Gasteiger partial charge is 0.300 e. The van der Waals surface area contributed by atoms with Crippen LogP contribution in [0, 0.1) is 5.92 Å². The van der Waals surface area contributed by atoms with Crippen LogP contribution in [0.1, 0.15) is 31.0 Å². The zero-order chi connectivity index (χ0) is 24.4. The van der Waals surface area contributed by atoms with Crippen molar-refractivity contribution in [2.75, 3.05) is 11.5 Å². The average Bonchev–Trinajstić information content (AvgIpc) is 3.08. The maximum absolute atomic E-state index is 13.2. The third kappa shape index (κ3) is 4.63. The second kappa shape index (κ2) is 9.61. The van der Waals surface area contributed by atoms with Gasteiger partial charge in [-0.2, -0.15) is 0 Å². The molecule has 0 spiro atoms. The van der Waals surface area contributed by atoms with E-state index in [1.165, 1.54) is 17.0 Å². The molecule has 6 nitrogen and oxygen atoms in total.